The molecule has 0 aliphatic rings. The maximum atomic E-state index is 6.14. The zero-order valence-electron chi connectivity index (χ0n) is 11.4. The number of nitrogens with zero attached hydrogens (tertiary/aromatic N) is 2. The number of nitrogens with one attached hydrogen (secondary N) is 2. The first kappa shape index (κ1) is 16.1. The quantitative estimate of drug-likeness (QED) is 0.787. The maximum absolute atomic E-state index is 6.14. The van der Waals surface area contributed by atoms with Crippen LogP contribution in [0.5, 0.6) is 0 Å². The second-order valence-corrected chi connectivity index (χ2v) is 5.33. The Balaban J connectivity index is 2.34. The average Bonchev–Trinajstić information content (AvgIpc) is 2.45. The zero-order chi connectivity index (χ0) is 15.4. The van der Waals surface area contributed by atoms with Crippen LogP contribution < -0.4 is 10.6 Å². The maximum Gasteiger partial charge on any atom is 0.158 e. The fraction of sp³-hybridized carbons (Fsp3) is 0.231. The van der Waals surface area contributed by atoms with Gasteiger partial charge in [-0.1, -0.05) is 34.8 Å². The minimum absolute atomic E-state index is 0.305. The molecule has 0 saturated heterocycles. The molecule has 0 radical (unpaired) electrons. The molecule has 0 saturated carbocycles. The monoisotopic (exact) mass is 346 g/mol. The van der Waals surface area contributed by atoms with Crippen LogP contribution in [-0.4, -0.2) is 24.1 Å². The molecule has 2 N–H and O–H groups in total. The third-order valence-corrected chi connectivity index (χ3v) is 3.61. The van der Waals surface area contributed by atoms with Crippen molar-refractivity contribution in [3.63, 3.8) is 0 Å². The summed E-state index contributed by atoms with van der Waals surface area (Å²) >= 11 is 18.0. The van der Waals surface area contributed by atoms with Crippen molar-refractivity contribution < 1.29 is 4.74 Å². The molecule has 1 heterocycles. The number of rotatable bonds is 5. The largest absolute Gasteiger partial charge is 0.377 e. The molecule has 112 valence electrons. The summed E-state index contributed by atoms with van der Waals surface area (Å²) in [6.45, 7) is 0.305. The van der Waals surface area contributed by atoms with Crippen LogP contribution in [0, 0.1) is 0 Å². The van der Waals surface area contributed by atoms with Crippen LogP contribution in [0.2, 0.25) is 15.1 Å². The van der Waals surface area contributed by atoms with E-state index in [0.29, 0.717) is 44.8 Å². The highest BCUT2D eigenvalue weighted by molar-refractivity contribution is 6.44. The van der Waals surface area contributed by atoms with Gasteiger partial charge in [-0.05, 0) is 12.1 Å². The van der Waals surface area contributed by atoms with Crippen molar-refractivity contribution in [1.82, 2.24) is 9.97 Å². The Bertz CT molecular complexity index is 652. The van der Waals surface area contributed by atoms with Gasteiger partial charge in [0.2, 0.25) is 0 Å². The van der Waals surface area contributed by atoms with Gasteiger partial charge >= 0.3 is 0 Å². The Morgan fingerprint density at radius 1 is 1.00 bits per heavy atom. The van der Waals surface area contributed by atoms with Gasteiger partial charge in [0.25, 0.3) is 0 Å². The highest BCUT2D eigenvalue weighted by atomic mass is 35.5. The van der Waals surface area contributed by atoms with Gasteiger partial charge in [-0.3, -0.25) is 0 Å². The zero-order valence-corrected chi connectivity index (χ0v) is 13.6. The summed E-state index contributed by atoms with van der Waals surface area (Å²) in [6.07, 6.45) is 0. The van der Waals surface area contributed by atoms with Gasteiger partial charge in [0.05, 0.1) is 20.8 Å². The lowest BCUT2D eigenvalue weighted by Crippen LogP contribution is -2.05. The molecule has 0 unspecified atom stereocenters. The molecule has 0 aliphatic carbocycles. The molecule has 0 spiro atoms. The van der Waals surface area contributed by atoms with Crippen LogP contribution in [0.15, 0.2) is 18.2 Å². The topological polar surface area (TPSA) is 59.1 Å². The number of ether oxygens (including phenoxy) is 1. The summed E-state index contributed by atoms with van der Waals surface area (Å²) in [5.74, 6) is 1.78. The summed E-state index contributed by atoms with van der Waals surface area (Å²) in [6, 6.07) is 4.96. The third-order valence-electron chi connectivity index (χ3n) is 2.57. The first-order valence-electron chi connectivity index (χ1n) is 5.99. The first-order valence-corrected chi connectivity index (χ1v) is 7.13. The molecule has 0 fully saturated rings. The van der Waals surface area contributed by atoms with E-state index in [-0.39, 0.29) is 0 Å². The fourth-order valence-corrected chi connectivity index (χ4v) is 2.23. The van der Waals surface area contributed by atoms with E-state index in [1.54, 1.807) is 32.4 Å². The Kier molecular flexibility index (Phi) is 5.47. The lowest BCUT2D eigenvalue weighted by Gasteiger charge is -2.11. The van der Waals surface area contributed by atoms with Crippen molar-refractivity contribution in [2.24, 2.45) is 0 Å². The molecule has 8 heteroatoms. The van der Waals surface area contributed by atoms with E-state index in [4.69, 9.17) is 39.5 Å². The third kappa shape index (κ3) is 4.11. The van der Waals surface area contributed by atoms with E-state index in [1.165, 1.54) is 0 Å². The SMILES string of the molecule is CNc1cc(Nc2cc(Cl)c(Cl)cc2Cl)nc(COC)n1. The molecular weight excluding hydrogens is 335 g/mol. The average molecular weight is 348 g/mol. The summed E-state index contributed by atoms with van der Waals surface area (Å²) < 4.78 is 5.05. The Hall–Kier alpha value is -1.27. The predicted octanol–water partition coefficient (Wildman–Crippen LogP) is 4.37. The lowest BCUT2D eigenvalue weighted by molar-refractivity contribution is 0.178. The van der Waals surface area contributed by atoms with Gasteiger partial charge < -0.3 is 15.4 Å². The smallest absolute Gasteiger partial charge is 0.158 e. The molecule has 1 aromatic heterocycles. The molecule has 0 bridgehead atoms. The van der Waals surface area contributed by atoms with Crippen molar-refractivity contribution in [3.8, 4) is 0 Å². The normalized spacial score (nSPS) is 10.5. The molecular formula is C13H13Cl3N4O. The number of hydrogen-bond acceptors (Lipinski definition) is 5. The number of methoxy groups -OCH3 is 1. The van der Waals surface area contributed by atoms with E-state index < -0.39 is 0 Å². The molecule has 21 heavy (non-hydrogen) atoms. The van der Waals surface area contributed by atoms with Crippen LogP contribution in [0.4, 0.5) is 17.3 Å². The number of anilines is 3. The van der Waals surface area contributed by atoms with E-state index in [0.717, 1.165) is 0 Å². The standard InChI is InChI=1S/C13H13Cl3N4O/c1-17-11-5-12(20-13(19-11)6-21-2)18-10-4-8(15)7(14)3-9(10)16/h3-5H,6H2,1-2H3,(H2,17,18,19,20). The number of halogens is 3. The van der Waals surface area contributed by atoms with Gasteiger partial charge in [-0.2, -0.15) is 0 Å². The van der Waals surface area contributed by atoms with Crippen molar-refractivity contribution in [2.45, 2.75) is 6.61 Å². The van der Waals surface area contributed by atoms with Crippen LogP contribution in [0.25, 0.3) is 0 Å². The molecule has 0 aliphatic heterocycles. The van der Waals surface area contributed by atoms with Crippen LogP contribution in [0.1, 0.15) is 5.82 Å². The van der Waals surface area contributed by atoms with E-state index in [9.17, 15) is 0 Å². The number of hydrogen-bond donors (Lipinski definition) is 2. The molecule has 2 aromatic rings. The van der Waals surface area contributed by atoms with Gasteiger partial charge in [0, 0.05) is 20.2 Å². The second-order valence-electron chi connectivity index (χ2n) is 4.11. The van der Waals surface area contributed by atoms with E-state index >= 15 is 0 Å². The highest BCUT2D eigenvalue weighted by Crippen LogP contribution is 2.33. The first-order chi connectivity index (χ1) is 10.0. The summed E-state index contributed by atoms with van der Waals surface area (Å²) in [7, 11) is 3.35. The Labute approximate surface area is 137 Å². The van der Waals surface area contributed by atoms with Gasteiger partial charge in [0.15, 0.2) is 5.82 Å². The van der Waals surface area contributed by atoms with Gasteiger partial charge in [0.1, 0.15) is 18.2 Å². The predicted molar refractivity (Wildman–Crippen MR) is 87.0 cm³/mol. The Morgan fingerprint density at radius 2 is 1.67 bits per heavy atom. The molecule has 2 rings (SSSR count). The van der Waals surface area contributed by atoms with Crippen LogP contribution in [0.3, 0.4) is 0 Å². The van der Waals surface area contributed by atoms with Crippen molar-refractivity contribution in [3.05, 3.63) is 39.1 Å². The summed E-state index contributed by atoms with van der Waals surface area (Å²) in [4.78, 5) is 8.61. The summed E-state index contributed by atoms with van der Waals surface area (Å²) in [5, 5.41) is 7.30. The lowest BCUT2D eigenvalue weighted by atomic mass is 10.3. The van der Waals surface area contributed by atoms with Crippen LogP contribution >= 0.6 is 34.8 Å². The van der Waals surface area contributed by atoms with E-state index in [2.05, 4.69) is 20.6 Å². The minimum atomic E-state index is 0.305. The summed E-state index contributed by atoms with van der Waals surface area (Å²) in [5.41, 5.74) is 0.607. The number of aromatic nitrogens is 2. The molecule has 0 amide bonds. The highest BCUT2D eigenvalue weighted by Gasteiger charge is 2.09. The van der Waals surface area contributed by atoms with Crippen LogP contribution in [-0.2, 0) is 11.3 Å². The van der Waals surface area contributed by atoms with Gasteiger partial charge in [-0.15, -0.1) is 0 Å². The number of benzene rings is 1. The van der Waals surface area contributed by atoms with Crippen molar-refractivity contribution >= 4 is 52.1 Å². The van der Waals surface area contributed by atoms with Crippen molar-refractivity contribution in [2.75, 3.05) is 24.8 Å². The fourth-order valence-electron chi connectivity index (χ4n) is 1.64. The van der Waals surface area contributed by atoms with Gasteiger partial charge in [-0.25, -0.2) is 9.97 Å². The minimum Gasteiger partial charge on any atom is -0.377 e. The molecule has 5 nitrogen and oxygen atoms in total. The van der Waals surface area contributed by atoms with E-state index in [1.807, 2.05) is 0 Å². The van der Waals surface area contributed by atoms with Crippen molar-refractivity contribution in [1.29, 1.82) is 0 Å². The molecule has 0 atom stereocenters. The Morgan fingerprint density at radius 3 is 2.33 bits per heavy atom. The second kappa shape index (κ2) is 7.13. The molecule has 1 aromatic carbocycles.